The van der Waals surface area contributed by atoms with Gasteiger partial charge in [0.05, 0.1) is 52.5 Å². The summed E-state index contributed by atoms with van der Waals surface area (Å²) in [5.41, 5.74) is 3.15. The van der Waals surface area contributed by atoms with Gasteiger partial charge in [-0.1, -0.05) is 121 Å². The molecule has 5 aromatic carbocycles. The number of Topliss-reactive ketones (excluding diaryl/α,β-unsaturated/α-hetero) is 2. The van der Waals surface area contributed by atoms with Crippen LogP contribution in [0.1, 0.15) is 202 Å². The van der Waals surface area contributed by atoms with Crippen molar-refractivity contribution in [1.29, 1.82) is 0 Å². The van der Waals surface area contributed by atoms with E-state index < -0.39 is 231 Å². The number of carbonyl (C=O) groups excluding carboxylic acids is 9. The summed E-state index contributed by atoms with van der Waals surface area (Å²) in [6.45, 7) is 10.5. The highest BCUT2D eigenvalue weighted by Gasteiger charge is 2.52. The molecule has 34 nitrogen and oxygen atoms in total. The molecule has 0 aliphatic carbocycles. The summed E-state index contributed by atoms with van der Waals surface area (Å²) >= 11 is 14.4. The molecule has 7 heterocycles. The first-order valence-electron chi connectivity index (χ1n) is 40.6. The van der Waals surface area contributed by atoms with Gasteiger partial charge in [-0.15, -0.1) is 0 Å². The molecule has 662 valence electrons. The second kappa shape index (κ2) is 43.5. The molecule has 2 saturated heterocycles. The fourth-order valence-corrected chi connectivity index (χ4v) is 16.8. The maximum Gasteiger partial charge on any atom is 0.373 e. The third-order valence-corrected chi connectivity index (χ3v) is 23.8. The lowest BCUT2D eigenvalue weighted by Crippen LogP contribution is -2.62. The van der Waals surface area contributed by atoms with Crippen molar-refractivity contribution in [2.75, 3.05) is 26.0 Å². The van der Waals surface area contributed by atoms with Crippen LogP contribution in [0.2, 0.25) is 10.0 Å². The SMILES string of the molecule is CCCCCCCCCCNCCCC1(C)CC(OC2C(Oc3c4cc5cc3Oc3ccc(cc3Cl)[C@@H](O)[C@@H](NC(=O)[C@H](CC)CC(C)C)C(=O)C[C@@H](CC(N)=O)C(=O)N[C@H]5C(=O)C[C@H]3C(=O)N[C@H](C(=O)NCc5cc(O)c(CNCP(=O)(O)O)c(O)c5-c5cc3ccc5O)[C@H](O)c3ccc(c(Cl)c3)O4)OC(CO)C(O)C2O)OC(C)C1O.O=C=O. The van der Waals surface area contributed by atoms with E-state index in [9.17, 15) is 74.7 Å². The Bertz CT molecular complexity index is 4590. The monoisotopic (exact) mass is 1750 g/mol. The maximum absolute atomic E-state index is 16.4. The second-order valence-corrected chi connectivity index (χ2v) is 34.6. The van der Waals surface area contributed by atoms with Crippen LogP contribution in [0.4, 0.5) is 0 Å². The molecule has 121 heavy (non-hydrogen) atoms. The number of phenols is 3. The zero-order chi connectivity index (χ0) is 88.5. The van der Waals surface area contributed by atoms with Crippen LogP contribution in [0, 0.1) is 23.2 Å². The quantitative estimate of drug-likeness (QED) is 0.0164. The topological polar surface area (TPSA) is 547 Å². The van der Waals surface area contributed by atoms with Crippen LogP contribution in [0.3, 0.4) is 0 Å². The van der Waals surface area contributed by atoms with Crippen LogP contribution in [0.25, 0.3) is 11.1 Å². The van der Waals surface area contributed by atoms with Gasteiger partial charge in [0.25, 0.3) is 0 Å². The lowest BCUT2D eigenvalue weighted by molar-refractivity contribution is -0.339. The average Bonchev–Trinajstić information content (AvgIpc) is 0.766. The van der Waals surface area contributed by atoms with Gasteiger partial charge in [0.15, 0.2) is 35.5 Å². The van der Waals surface area contributed by atoms with Gasteiger partial charge >= 0.3 is 13.7 Å². The first kappa shape index (κ1) is 96.1. The standard InChI is InChI=1S/C83H110Cl2N7O25P.CO2/c1-7-9-10-11-12-13-14-15-24-87-25-16-23-83(6)36-65(112-42(5)77(83)104)116-76-74(103)73(102)63(39-93)115-82(76)117-75-61-32-47-33-62(75)114-60-22-19-46(29-54(60)85)71(100)69-81(108)89-37-49-31-56(95)52(38-88-40-118(109,110)111)72(101)66(49)51-27-44(17-20-55(51)94)50(80(107)92-69)35-58(97)67(47)90-79(106)48(34-64(86)98)30-57(96)68(91-78(105)43(8-2)26-41(3)4)70(99)45-18-21-59(113-61)53(84)28-45;2-1-3/h17-22,27-29,31-33,41-43,48,50,63,65,67-71,73-74,76-77,82,87-88,93-95,99-104H,7-16,23-26,30,34-40H2,1-6H3,(H2,86,98)(H,89,108)(H,90,106)(H,91,105)(H,92,107)(H2,109,110,111);/t42?,43-,48+,50-,63?,65?,67-,68+,69+,70-,71-,73?,74?,76?,77?,82?,83?;/m1./s1. The summed E-state index contributed by atoms with van der Waals surface area (Å²) in [7, 11) is -4.73. The molecule has 7 aliphatic heterocycles. The fraction of sp³-hybridized carbons (Fsp3) is 0.548. The van der Waals surface area contributed by atoms with E-state index >= 15 is 19.2 Å². The van der Waals surface area contributed by atoms with E-state index in [2.05, 4.69) is 38.8 Å². The molecule has 0 radical (unpaired) electrons. The number of ether oxygens (including phenoxy) is 6. The molecule has 19 N–H and O–H groups in total. The van der Waals surface area contributed by atoms with Gasteiger partial charge in [-0.3, -0.25) is 38.1 Å². The Morgan fingerprint density at radius 1 is 0.727 bits per heavy atom. The number of amides is 5. The molecule has 17 atom stereocenters. The van der Waals surface area contributed by atoms with Crippen molar-refractivity contribution in [3.05, 3.63) is 116 Å². The lowest BCUT2D eigenvalue weighted by atomic mass is 9.73. The van der Waals surface area contributed by atoms with Gasteiger partial charge in [0, 0.05) is 61.2 Å². The minimum atomic E-state index is -4.73. The molecular weight excluding hydrogens is 1640 g/mol. The van der Waals surface area contributed by atoms with E-state index in [-0.39, 0.29) is 84.5 Å². The number of aliphatic hydroxyl groups is 6. The number of nitrogens with two attached hydrogens (primary N) is 1. The van der Waals surface area contributed by atoms with Gasteiger partial charge in [0.2, 0.25) is 41.6 Å². The number of fused-ring (bicyclic) bond motifs is 15. The smallest absolute Gasteiger partial charge is 0.373 e. The van der Waals surface area contributed by atoms with Gasteiger partial charge in [-0.05, 0) is 140 Å². The zero-order valence-electron chi connectivity index (χ0n) is 68.0. The van der Waals surface area contributed by atoms with Crippen LogP contribution in [0.5, 0.6) is 46.0 Å². The second-order valence-electron chi connectivity index (χ2n) is 32.1. The molecular formula is C84H110Cl2N7O27P. The summed E-state index contributed by atoms with van der Waals surface area (Å²) in [4.78, 5) is 141. The predicted molar refractivity (Wildman–Crippen MR) is 435 cm³/mol. The van der Waals surface area contributed by atoms with E-state index in [0.29, 0.717) is 32.2 Å². The average molecular weight is 1750 g/mol. The number of benzene rings is 5. The number of primary amides is 1. The summed E-state index contributed by atoms with van der Waals surface area (Å²) in [5.74, 6) is -16.3. The third-order valence-electron chi connectivity index (χ3n) is 22.5. The van der Waals surface area contributed by atoms with Crippen molar-refractivity contribution in [2.24, 2.45) is 28.9 Å². The first-order chi connectivity index (χ1) is 57.4. The normalized spacial score (nSPS) is 26.0. The molecule has 7 aliphatic rings. The number of phenolic OH excluding ortho intramolecular Hbond substituents is 3. The van der Waals surface area contributed by atoms with E-state index in [4.69, 9.17) is 66.9 Å². The molecule has 11 bridgehead atoms. The Morgan fingerprint density at radius 3 is 1.95 bits per heavy atom. The minimum Gasteiger partial charge on any atom is -0.507 e. The maximum atomic E-state index is 16.4. The molecule has 9 unspecified atom stereocenters. The summed E-state index contributed by atoms with van der Waals surface area (Å²) in [5, 5.41) is 123. The highest BCUT2D eigenvalue weighted by molar-refractivity contribution is 7.51. The molecule has 5 aromatic rings. The molecule has 0 spiro atoms. The summed E-state index contributed by atoms with van der Waals surface area (Å²) in [6, 6.07) is 8.15. The first-order valence-corrected chi connectivity index (χ1v) is 43.1. The Morgan fingerprint density at radius 2 is 1.35 bits per heavy atom. The number of hydrogen-bond donors (Lipinski definition) is 18. The summed E-state index contributed by atoms with van der Waals surface area (Å²) < 4.78 is 51.8. The van der Waals surface area contributed by atoms with Crippen molar-refractivity contribution in [2.45, 2.75) is 243 Å². The van der Waals surface area contributed by atoms with Crippen molar-refractivity contribution in [3.8, 4) is 57.1 Å². The van der Waals surface area contributed by atoms with Crippen LogP contribution in [-0.4, -0.2) is 190 Å². The largest absolute Gasteiger partial charge is 0.507 e. The van der Waals surface area contributed by atoms with Crippen LogP contribution < -0.4 is 51.8 Å². The van der Waals surface area contributed by atoms with Gasteiger partial charge in [-0.2, -0.15) is 9.59 Å². The molecule has 0 saturated carbocycles. The number of nitrogens with one attached hydrogen (secondary N) is 6. The number of carbonyl (C=O) groups is 7. The van der Waals surface area contributed by atoms with E-state index in [1.807, 2.05) is 20.8 Å². The number of rotatable bonds is 29. The predicted octanol–water partition coefficient (Wildman–Crippen LogP) is 7.34. The molecule has 37 heteroatoms. The van der Waals surface area contributed by atoms with Crippen molar-refractivity contribution < 1.29 is 132 Å². The number of aromatic hydroxyl groups is 3. The highest BCUT2D eigenvalue weighted by atomic mass is 35.5. The number of ketones is 2. The zero-order valence-corrected chi connectivity index (χ0v) is 70.4. The number of halogens is 2. The Kier molecular flexibility index (Phi) is 34.6. The van der Waals surface area contributed by atoms with Gasteiger partial charge < -0.3 is 122 Å². The molecule has 0 aromatic heterocycles. The Balaban J connectivity index is 0.00000546. The van der Waals surface area contributed by atoms with Crippen molar-refractivity contribution in [1.82, 2.24) is 31.9 Å². The van der Waals surface area contributed by atoms with E-state index in [1.165, 1.54) is 80.6 Å². The fourth-order valence-electron chi connectivity index (χ4n) is 16.0. The van der Waals surface area contributed by atoms with E-state index in [0.717, 1.165) is 50.1 Å². The molecule has 2 fully saturated rings. The van der Waals surface area contributed by atoms with Crippen molar-refractivity contribution in [3.63, 3.8) is 0 Å². The summed E-state index contributed by atoms with van der Waals surface area (Å²) in [6.07, 6.45) is -8.99. The van der Waals surface area contributed by atoms with Crippen LogP contribution >= 0.6 is 30.8 Å². The number of hydrogen-bond acceptors (Lipinski definition) is 27. The molecule has 5 amide bonds. The third kappa shape index (κ3) is 24.6. The molecule has 12 rings (SSSR count). The highest BCUT2D eigenvalue weighted by Crippen LogP contribution is 2.51. The minimum absolute atomic E-state index is 0.0174. The van der Waals surface area contributed by atoms with Crippen molar-refractivity contribution >= 4 is 78.1 Å². The Labute approximate surface area is 709 Å². The van der Waals surface area contributed by atoms with E-state index in [1.54, 1.807) is 13.8 Å². The van der Waals surface area contributed by atoms with Crippen LogP contribution in [0.15, 0.2) is 72.8 Å². The lowest BCUT2D eigenvalue weighted by Gasteiger charge is -2.48. The van der Waals surface area contributed by atoms with Gasteiger partial charge in [-0.25, -0.2) is 0 Å². The number of aliphatic hydroxyl groups excluding tert-OH is 6. The Hall–Kier alpha value is -8.74. The van der Waals surface area contributed by atoms with Gasteiger partial charge in [0.1, 0.15) is 77.4 Å². The number of unbranched alkanes of at least 4 members (excludes halogenated alkanes) is 7. The van der Waals surface area contributed by atoms with Crippen LogP contribution in [-0.2, 0) is 75.0 Å².